The van der Waals surface area contributed by atoms with E-state index in [1.807, 2.05) is 18.2 Å². The Morgan fingerprint density at radius 2 is 1.61 bits per heavy atom. The largest absolute Gasteiger partial charge is 0.338 e. The number of rotatable bonds is 3. The first kappa shape index (κ1) is 21.6. The van der Waals surface area contributed by atoms with Gasteiger partial charge in [0.1, 0.15) is 0 Å². The van der Waals surface area contributed by atoms with Crippen molar-refractivity contribution in [3.05, 3.63) is 95.6 Å². The van der Waals surface area contributed by atoms with Crippen LogP contribution in [0.1, 0.15) is 27.5 Å². The number of benzene rings is 3. The molecule has 0 aromatic heterocycles. The van der Waals surface area contributed by atoms with Crippen LogP contribution in [0.15, 0.2) is 78.9 Å². The van der Waals surface area contributed by atoms with Crippen LogP contribution in [0.3, 0.4) is 0 Å². The summed E-state index contributed by atoms with van der Waals surface area (Å²) in [6.07, 6.45) is 0. The summed E-state index contributed by atoms with van der Waals surface area (Å²) in [6, 6.07) is 27.6. The fourth-order valence-electron chi connectivity index (χ4n) is 5.48. The SMILES string of the molecule is Cc1cccc(-c2ccccc2C(=O)N2C[C@@H]3CN(C)[C@@H](c4ccccc4)[C@@H]3C2)c1.Cl. The Morgan fingerprint density at radius 1 is 0.871 bits per heavy atom. The summed E-state index contributed by atoms with van der Waals surface area (Å²) in [5, 5.41) is 0. The maximum Gasteiger partial charge on any atom is 0.254 e. The Morgan fingerprint density at radius 3 is 2.39 bits per heavy atom. The van der Waals surface area contributed by atoms with E-state index in [0.29, 0.717) is 17.9 Å². The van der Waals surface area contributed by atoms with Gasteiger partial charge in [-0.15, -0.1) is 12.4 Å². The number of fused-ring (bicyclic) bond motifs is 1. The summed E-state index contributed by atoms with van der Waals surface area (Å²) in [5.41, 5.74) is 5.52. The summed E-state index contributed by atoms with van der Waals surface area (Å²) < 4.78 is 0. The molecular weight excluding hydrogens is 404 g/mol. The van der Waals surface area contributed by atoms with Crippen molar-refractivity contribution in [3.63, 3.8) is 0 Å². The minimum atomic E-state index is 0. The van der Waals surface area contributed by atoms with Gasteiger partial charge in [-0.1, -0.05) is 78.4 Å². The van der Waals surface area contributed by atoms with Crippen LogP contribution in [0.5, 0.6) is 0 Å². The zero-order valence-electron chi connectivity index (χ0n) is 18.1. The molecule has 3 atom stereocenters. The van der Waals surface area contributed by atoms with Crippen molar-refractivity contribution >= 4 is 18.3 Å². The number of hydrogen-bond donors (Lipinski definition) is 0. The molecule has 0 unspecified atom stereocenters. The molecule has 0 radical (unpaired) electrons. The first-order valence-corrected chi connectivity index (χ1v) is 10.8. The molecular formula is C27H29ClN2O. The third-order valence-electron chi connectivity index (χ3n) is 6.81. The molecule has 2 aliphatic rings. The lowest BCUT2D eigenvalue weighted by Crippen LogP contribution is -2.33. The predicted octanol–water partition coefficient (Wildman–Crippen LogP) is 5.46. The van der Waals surface area contributed by atoms with Crippen LogP contribution >= 0.6 is 12.4 Å². The lowest BCUT2D eigenvalue weighted by molar-refractivity contribution is 0.0768. The number of hydrogen-bond acceptors (Lipinski definition) is 2. The number of carbonyl (C=O) groups is 1. The van der Waals surface area contributed by atoms with Gasteiger partial charge in [-0.05, 0) is 42.6 Å². The molecule has 160 valence electrons. The van der Waals surface area contributed by atoms with E-state index in [1.165, 1.54) is 11.1 Å². The summed E-state index contributed by atoms with van der Waals surface area (Å²) in [7, 11) is 2.22. The highest BCUT2D eigenvalue weighted by Crippen LogP contribution is 2.44. The van der Waals surface area contributed by atoms with Crippen molar-refractivity contribution in [2.45, 2.75) is 13.0 Å². The molecule has 1 amide bonds. The van der Waals surface area contributed by atoms with Gasteiger partial charge in [-0.3, -0.25) is 9.69 Å². The van der Waals surface area contributed by atoms with E-state index in [-0.39, 0.29) is 18.3 Å². The molecule has 3 aromatic carbocycles. The van der Waals surface area contributed by atoms with Gasteiger partial charge in [-0.2, -0.15) is 0 Å². The Labute approximate surface area is 191 Å². The highest BCUT2D eigenvalue weighted by molar-refractivity contribution is 6.01. The molecule has 2 saturated heterocycles. The van der Waals surface area contributed by atoms with Gasteiger partial charge in [0, 0.05) is 37.2 Å². The standard InChI is InChI=1S/C27H28N2O.ClH/c1-19-9-8-12-21(15-19)23-13-6-7-14-24(23)27(30)29-17-22-16-28(2)26(25(22)18-29)20-10-4-3-5-11-20;/h3-15,22,25-26H,16-18H2,1-2H3;1H/t22-,25+,26-;/m0./s1. The summed E-state index contributed by atoms with van der Waals surface area (Å²) >= 11 is 0. The van der Waals surface area contributed by atoms with Gasteiger partial charge in [0.05, 0.1) is 0 Å². The average molecular weight is 433 g/mol. The van der Waals surface area contributed by atoms with Crippen molar-refractivity contribution in [2.24, 2.45) is 11.8 Å². The minimum Gasteiger partial charge on any atom is -0.338 e. The van der Waals surface area contributed by atoms with Crippen LogP contribution in [-0.2, 0) is 0 Å². The van der Waals surface area contributed by atoms with E-state index in [9.17, 15) is 4.79 Å². The first-order chi connectivity index (χ1) is 14.6. The van der Waals surface area contributed by atoms with Crippen LogP contribution in [0.25, 0.3) is 11.1 Å². The smallest absolute Gasteiger partial charge is 0.254 e. The second-order valence-corrected chi connectivity index (χ2v) is 8.84. The molecule has 2 fully saturated rings. The molecule has 3 aromatic rings. The second-order valence-electron chi connectivity index (χ2n) is 8.84. The fraction of sp³-hybridized carbons (Fsp3) is 0.296. The lowest BCUT2D eigenvalue weighted by atomic mass is 9.90. The number of amides is 1. The highest BCUT2D eigenvalue weighted by atomic mass is 35.5. The van der Waals surface area contributed by atoms with Gasteiger partial charge in [-0.25, -0.2) is 0 Å². The van der Waals surface area contributed by atoms with Crippen molar-refractivity contribution < 1.29 is 4.79 Å². The Hall–Kier alpha value is -2.62. The number of halogens is 1. The van der Waals surface area contributed by atoms with E-state index in [2.05, 4.69) is 84.4 Å². The highest BCUT2D eigenvalue weighted by Gasteiger charge is 2.47. The minimum absolute atomic E-state index is 0. The van der Waals surface area contributed by atoms with Crippen molar-refractivity contribution in [1.29, 1.82) is 0 Å². The van der Waals surface area contributed by atoms with E-state index in [1.54, 1.807) is 0 Å². The molecule has 31 heavy (non-hydrogen) atoms. The summed E-state index contributed by atoms with van der Waals surface area (Å²) in [4.78, 5) is 18.1. The monoisotopic (exact) mass is 432 g/mol. The molecule has 2 heterocycles. The van der Waals surface area contributed by atoms with E-state index in [0.717, 1.165) is 36.3 Å². The normalized spacial score (nSPS) is 22.8. The van der Waals surface area contributed by atoms with Crippen LogP contribution in [-0.4, -0.2) is 42.4 Å². The Balaban J connectivity index is 0.00000231. The number of nitrogens with zero attached hydrogens (tertiary/aromatic N) is 2. The quantitative estimate of drug-likeness (QED) is 0.548. The van der Waals surface area contributed by atoms with Gasteiger partial charge in [0.2, 0.25) is 0 Å². The number of aryl methyl sites for hydroxylation is 1. The van der Waals surface area contributed by atoms with Crippen molar-refractivity contribution in [2.75, 3.05) is 26.7 Å². The van der Waals surface area contributed by atoms with E-state index >= 15 is 0 Å². The number of likely N-dealkylation sites (tertiary alicyclic amines) is 2. The maximum absolute atomic E-state index is 13.6. The van der Waals surface area contributed by atoms with E-state index < -0.39 is 0 Å². The van der Waals surface area contributed by atoms with Crippen molar-refractivity contribution in [1.82, 2.24) is 9.80 Å². The van der Waals surface area contributed by atoms with Crippen molar-refractivity contribution in [3.8, 4) is 11.1 Å². The van der Waals surface area contributed by atoms with Crippen LogP contribution in [0.2, 0.25) is 0 Å². The van der Waals surface area contributed by atoms with Gasteiger partial charge < -0.3 is 4.90 Å². The van der Waals surface area contributed by atoms with Crippen LogP contribution < -0.4 is 0 Å². The second kappa shape index (κ2) is 8.86. The molecule has 2 aliphatic heterocycles. The molecule has 5 rings (SSSR count). The van der Waals surface area contributed by atoms with Gasteiger partial charge >= 0.3 is 0 Å². The van der Waals surface area contributed by atoms with Gasteiger partial charge in [0.25, 0.3) is 5.91 Å². The first-order valence-electron chi connectivity index (χ1n) is 10.8. The Bertz CT molecular complexity index is 1070. The molecule has 0 saturated carbocycles. The van der Waals surface area contributed by atoms with E-state index in [4.69, 9.17) is 0 Å². The topological polar surface area (TPSA) is 23.6 Å². The van der Waals surface area contributed by atoms with Crippen LogP contribution in [0.4, 0.5) is 0 Å². The third-order valence-corrected chi connectivity index (χ3v) is 6.81. The zero-order chi connectivity index (χ0) is 20.7. The fourth-order valence-corrected chi connectivity index (χ4v) is 5.48. The molecule has 4 heteroatoms. The molecule has 0 spiro atoms. The predicted molar refractivity (Wildman–Crippen MR) is 129 cm³/mol. The molecule has 0 bridgehead atoms. The molecule has 0 N–H and O–H groups in total. The maximum atomic E-state index is 13.6. The molecule has 0 aliphatic carbocycles. The summed E-state index contributed by atoms with van der Waals surface area (Å²) in [5.74, 6) is 1.19. The lowest BCUT2D eigenvalue weighted by Gasteiger charge is -2.27. The van der Waals surface area contributed by atoms with Gasteiger partial charge in [0.15, 0.2) is 0 Å². The Kier molecular flexibility index (Phi) is 6.17. The molecule has 3 nitrogen and oxygen atoms in total. The third kappa shape index (κ3) is 4.00. The van der Waals surface area contributed by atoms with Crippen LogP contribution in [0, 0.1) is 18.8 Å². The average Bonchev–Trinajstić information content (AvgIpc) is 3.30. The summed E-state index contributed by atoms with van der Waals surface area (Å²) in [6.45, 7) is 4.82. The zero-order valence-corrected chi connectivity index (χ0v) is 18.9. The number of carbonyl (C=O) groups excluding carboxylic acids is 1.